The van der Waals surface area contributed by atoms with Gasteiger partial charge in [0.2, 0.25) is 0 Å². The van der Waals surface area contributed by atoms with Gasteiger partial charge in [-0.3, -0.25) is 9.59 Å². The maximum absolute atomic E-state index is 12.5. The summed E-state index contributed by atoms with van der Waals surface area (Å²) in [4.78, 5) is 24.9. The highest BCUT2D eigenvalue weighted by Gasteiger charge is 2.59. The van der Waals surface area contributed by atoms with Gasteiger partial charge in [0.1, 0.15) is 11.5 Å². The molecule has 2 amide bonds. The average Bonchev–Trinajstić information content (AvgIpc) is 3.17. The van der Waals surface area contributed by atoms with Gasteiger partial charge in [-0.15, -0.1) is 0 Å². The SMILES string of the molecule is O=C1C2C3C=CC(C3)C2C(=O)N1/N=C/c1cc(Br)c(O)cc1O. The minimum Gasteiger partial charge on any atom is -0.507 e. The summed E-state index contributed by atoms with van der Waals surface area (Å²) >= 11 is 3.14. The monoisotopic (exact) mass is 376 g/mol. The van der Waals surface area contributed by atoms with Crippen LogP contribution in [-0.4, -0.2) is 33.3 Å². The van der Waals surface area contributed by atoms with E-state index in [9.17, 15) is 19.8 Å². The van der Waals surface area contributed by atoms with Crippen molar-refractivity contribution >= 4 is 34.0 Å². The molecule has 7 heteroatoms. The van der Waals surface area contributed by atoms with E-state index in [0.29, 0.717) is 10.0 Å². The average molecular weight is 377 g/mol. The lowest BCUT2D eigenvalue weighted by Gasteiger charge is -2.13. The van der Waals surface area contributed by atoms with E-state index >= 15 is 0 Å². The Morgan fingerprint density at radius 2 is 1.70 bits per heavy atom. The van der Waals surface area contributed by atoms with Gasteiger partial charge in [0.25, 0.3) is 11.8 Å². The number of phenols is 2. The standard InChI is InChI=1S/C16H13BrN2O4/c17-10-4-9(11(20)5-12(10)21)6-18-19-15(22)13-7-1-2-8(3-7)14(13)16(19)23/h1-2,4-8,13-14,20-21H,3H2/b18-6+. The Morgan fingerprint density at radius 3 is 2.30 bits per heavy atom. The Morgan fingerprint density at radius 1 is 1.09 bits per heavy atom. The van der Waals surface area contributed by atoms with Crippen molar-refractivity contribution in [1.82, 2.24) is 5.01 Å². The van der Waals surface area contributed by atoms with Crippen LogP contribution in [0.25, 0.3) is 0 Å². The van der Waals surface area contributed by atoms with Gasteiger partial charge in [-0.05, 0) is 40.3 Å². The number of imide groups is 1. The number of hydrazone groups is 1. The molecule has 1 saturated carbocycles. The van der Waals surface area contributed by atoms with Crippen LogP contribution < -0.4 is 0 Å². The fraction of sp³-hybridized carbons (Fsp3) is 0.312. The molecule has 1 aromatic carbocycles. The van der Waals surface area contributed by atoms with Crippen LogP contribution in [0.15, 0.2) is 33.9 Å². The molecule has 2 bridgehead atoms. The number of halogens is 1. The van der Waals surface area contributed by atoms with Crippen molar-refractivity contribution < 1.29 is 19.8 Å². The molecule has 3 aliphatic rings. The van der Waals surface area contributed by atoms with Crippen LogP contribution in [-0.2, 0) is 9.59 Å². The smallest absolute Gasteiger partial charge is 0.254 e. The van der Waals surface area contributed by atoms with Gasteiger partial charge in [0.15, 0.2) is 0 Å². The van der Waals surface area contributed by atoms with E-state index in [2.05, 4.69) is 21.0 Å². The number of allylic oxidation sites excluding steroid dienone is 2. The Balaban J connectivity index is 1.62. The summed E-state index contributed by atoms with van der Waals surface area (Å²) in [5.41, 5.74) is 0.299. The molecule has 1 heterocycles. The Hall–Kier alpha value is -2.15. The van der Waals surface area contributed by atoms with Crippen LogP contribution in [0.3, 0.4) is 0 Å². The molecule has 4 atom stereocenters. The summed E-state index contributed by atoms with van der Waals surface area (Å²) in [5, 5.41) is 24.2. The number of nitrogens with zero attached hydrogens (tertiary/aromatic N) is 2. The molecule has 4 rings (SSSR count). The van der Waals surface area contributed by atoms with Crippen molar-refractivity contribution in [2.45, 2.75) is 6.42 Å². The second-order valence-corrected chi connectivity index (χ2v) is 6.95. The topological polar surface area (TPSA) is 90.2 Å². The molecule has 0 radical (unpaired) electrons. The fourth-order valence-corrected chi connectivity index (χ4v) is 4.15. The second kappa shape index (κ2) is 4.92. The number of hydrogen-bond acceptors (Lipinski definition) is 5. The lowest BCUT2D eigenvalue weighted by atomic mass is 9.85. The first kappa shape index (κ1) is 14.4. The molecule has 0 aromatic heterocycles. The van der Waals surface area contributed by atoms with Gasteiger partial charge >= 0.3 is 0 Å². The number of fused-ring (bicyclic) bond motifs is 5. The van der Waals surface area contributed by atoms with Gasteiger partial charge in [0.05, 0.1) is 22.5 Å². The number of benzene rings is 1. The predicted molar refractivity (Wildman–Crippen MR) is 84.6 cm³/mol. The van der Waals surface area contributed by atoms with E-state index in [1.807, 2.05) is 12.2 Å². The summed E-state index contributed by atoms with van der Waals surface area (Å²) in [6.45, 7) is 0. The Labute approximate surface area is 140 Å². The van der Waals surface area contributed by atoms with E-state index in [-0.39, 0.29) is 47.0 Å². The van der Waals surface area contributed by atoms with E-state index in [4.69, 9.17) is 0 Å². The molecule has 2 fully saturated rings. The zero-order valence-corrected chi connectivity index (χ0v) is 13.5. The van der Waals surface area contributed by atoms with Gasteiger partial charge < -0.3 is 10.2 Å². The molecule has 118 valence electrons. The van der Waals surface area contributed by atoms with Gasteiger partial charge in [0, 0.05) is 11.6 Å². The minimum absolute atomic E-state index is 0.106. The lowest BCUT2D eigenvalue weighted by Crippen LogP contribution is -2.28. The van der Waals surface area contributed by atoms with Gasteiger partial charge in [-0.25, -0.2) is 0 Å². The number of carbonyl (C=O) groups excluding carboxylic acids is 2. The molecule has 4 unspecified atom stereocenters. The Bertz CT molecular complexity index is 759. The number of hydrogen-bond donors (Lipinski definition) is 2. The fourth-order valence-electron chi connectivity index (χ4n) is 3.79. The summed E-state index contributed by atoms with van der Waals surface area (Å²) in [7, 11) is 0. The van der Waals surface area contributed by atoms with Gasteiger partial charge in [-0.2, -0.15) is 10.1 Å². The van der Waals surface area contributed by atoms with Gasteiger partial charge in [-0.1, -0.05) is 12.2 Å². The van der Waals surface area contributed by atoms with E-state index < -0.39 is 0 Å². The third-order valence-electron chi connectivity index (χ3n) is 4.86. The number of carbonyl (C=O) groups is 2. The van der Waals surface area contributed by atoms with Crippen molar-refractivity contribution in [1.29, 1.82) is 0 Å². The maximum atomic E-state index is 12.5. The molecule has 1 aliphatic heterocycles. The van der Waals surface area contributed by atoms with Crippen LogP contribution in [0.1, 0.15) is 12.0 Å². The zero-order chi connectivity index (χ0) is 16.3. The Kier molecular flexibility index (Phi) is 3.09. The second-order valence-electron chi connectivity index (χ2n) is 6.10. The third kappa shape index (κ3) is 2.03. The highest BCUT2D eigenvalue weighted by Crippen LogP contribution is 2.52. The molecule has 1 aromatic rings. The highest BCUT2D eigenvalue weighted by molar-refractivity contribution is 9.10. The number of phenolic OH excluding ortho intramolecular Hbond substituents is 2. The van der Waals surface area contributed by atoms with E-state index in [1.54, 1.807) is 0 Å². The molecular formula is C16H13BrN2O4. The van der Waals surface area contributed by atoms with Crippen molar-refractivity contribution in [2.75, 3.05) is 0 Å². The largest absolute Gasteiger partial charge is 0.507 e. The number of aromatic hydroxyl groups is 2. The first-order chi connectivity index (χ1) is 11.0. The molecule has 23 heavy (non-hydrogen) atoms. The highest BCUT2D eigenvalue weighted by atomic mass is 79.9. The van der Waals surface area contributed by atoms with Crippen LogP contribution in [0, 0.1) is 23.7 Å². The minimum atomic E-state index is -0.296. The summed E-state index contributed by atoms with van der Waals surface area (Å²) in [5.74, 6) is -1.16. The molecule has 1 saturated heterocycles. The van der Waals surface area contributed by atoms with Crippen molar-refractivity contribution in [3.8, 4) is 11.5 Å². The third-order valence-corrected chi connectivity index (χ3v) is 5.49. The van der Waals surface area contributed by atoms with Crippen molar-refractivity contribution in [3.63, 3.8) is 0 Å². The van der Waals surface area contributed by atoms with E-state index in [0.717, 1.165) is 17.5 Å². The van der Waals surface area contributed by atoms with Crippen LogP contribution in [0.2, 0.25) is 0 Å². The lowest BCUT2D eigenvalue weighted by molar-refractivity contribution is -0.140. The van der Waals surface area contributed by atoms with Crippen LogP contribution in [0.5, 0.6) is 11.5 Å². The number of rotatable bonds is 2. The molecule has 2 N–H and O–H groups in total. The summed E-state index contributed by atoms with van der Waals surface area (Å²) in [6, 6.07) is 2.63. The first-order valence-corrected chi connectivity index (χ1v) is 8.08. The quantitative estimate of drug-likeness (QED) is 0.469. The normalized spacial score (nSPS) is 31.6. The van der Waals surface area contributed by atoms with Crippen LogP contribution in [0.4, 0.5) is 0 Å². The molecule has 0 spiro atoms. The first-order valence-electron chi connectivity index (χ1n) is 7.29. The molecular weight excluding hydrogens is 364 g/mol. The number of amides is 2. The van der Waals surface area contributed by atoms with Crippen molar-refractivity contribution in [3.05, 3.63) is 34.3 Å². The molecule has 2 aliphatic carbocycles. The summed E-state index contributed by atoms with van der Waals surface area (Å²) in [6.07, 6.45) is 6.17. The molecule has 6 nitrogen and oxygen atoms in total. The maximum Gasteiger partial charge on any atom is 0.254 e. The van der Waals surface area contributed by atoms with E-state index in [1.165, 1.54) is 12.3 Å². The van der Waals surface area contributed by atoms with Crippen LogP contribution >= 0.6 is 15.9 Å². The van der Waals surface area contributed by atoms with Crippen molar-refractivity contribution in [2.24, 2.45) is 28.8 Å². The summed E-state index contributed by atoms with van der Waals surface area (Å²) < 4.78 is 0.384. The zero-order valence-electron chi connectivity index (χ0n) is 11.9. The predicted octanol–water partition coefficient (Wildman–Crippen LogP) is 2.00.